The third-order valence-corrected chi connectivity index (χ3v) is 5.96. The fourth-order valence-electron chi connectivity index (χ4n) is 4.00. The number of nitrogen functional groups attached to an aromatic ring is 1. The molecule has 1 heterocycles. The number of nitrogens with zero attached hydrogens (tertiary/aromatic N) is 1. The Labute approximate surface area is 190 Å². The van der Waals surface area contributed by atoms with Crippen LogP contribution in [0.15, 0.2) is 60.8 Å². The summed E-state index contributed by atoms with van der Waals surface area (Å²) in [6, 6.07) is 17.7. The Morgan fingerprint density at radius 1 is 1.12 bits per heavy atom. The van der Waals surface area contributed by atoms with Gasteiger partial charge in [0.25, 0.3) is 0 Å². The summed E-state index contributed by atoms with van der Waals surface area (Å²) in [5.74, 6) is -0.0246. The Kier molecular flexibility index (Phi) is 6.60. The van der Waals surface area contributed by atoms with Gasteiger partial charge in [0.1, 0.15) is 12.7 Å². The van der Waals surface area contributed by atoms with Crippen LogP contribution in [0.2, 0.25) is 5.15 Å². The highest BCUT2D eigenvalue weighted by Gasteiger charge is 2.29. The molecule has 3 aromatic rings. The molecule has 0 fully saturated rings. The van der Waals surface area contributed by atoms with Gasteiger partial charge in [-0.1, -0.05) is 60.1 Å². The van der Waals surface area contributed by atoms with Gasteiger partial charge in [0, 0.05) is 24.2 Å². The lowest BCUT2D eigenvalue weighted by molar-refractivity contribution is 0.0135. The van der Waals surface area contributed by atoms with Crippen molar-refractivity contribution in [1.29, 1.82) is 0 Å². The average molecular weight is 454 g/mol. The fourth-order valence-corrected chi connectivity index (χ4v) is 4.10. The van der Waals surface area contributed by atoms with Gasteiger partial charge in [0.15, 0.2) is 5.15 Å². The molecular weight excluding hydrogens is 430 g/mol. The lowest BCUT2D eigenvalue weighted by Crippen LogP contribution is -2.30. The number of ether oxygens (including phenoxy) is 1. The Morgan fingerprint density at radius 3 is 2.38 bits per heavy atom. The van der Waals surface area contributed by atoms with E-state index in [2.05, 4.69) is 34.6 Å². The minimum absolute atomic E-state index is 0.0246. The highest BCUT2D eigenvalue weighted by molar-refractivity contribution is 6.31. The third-order valence-electron chi connectivity index (χ3n) is 5.65. The van der Waals surface area contributed by atoms with Crippen molar-refractivity contribution >= 4 is 23.4 Å². The highest BCUT2D eigenvalue weighted by Crippen LogP contribution is 2.44. The maximum Gasteiger partial charge on any atom is 0.407 e. The van der Waals surface area contributed by atoms with Crippen molar-refractivity contribution in [2.24, 2.45) is 0 Å². The molecule has 0 radical (unpaired) electrons. The summed E-state index contributed by atoms with van der Waals surface area (Å²) in [6.45, 7) is 0.339. The Morgan fingerprint density at radius 2 is 1.75 bits per heavy atom. The smallest absolute Gasteiger partial charge is 0.407 e. The van der Waals surface area contributed by atoms with E-state index in [1.807, 2.05) is 24.3 Å². The fraction of sp³-hybridized carbons (Fsp3) is 0.250. The first-order chi connectivity index (χ1) is 15.5. The van der Waals surface area contributed by atoms with Gasteiger partial charge in [-0.25, -0.2) is 9.78 Å². The first kappa shape index (κ1) is 22.1. The van der Waals surface area contributed by atoms with Crippen molar-refractivity contribution in [2.45, 2.75) is 24.5 Å². The van der Waals surface area contributed by atoms with Crippen LogP contribution >= 0.6 is 11.6 Å². The number of anilines is 1. The summed E-state index contributed by atoms with van der Waals surface area (Å²) in [5.41, 5.74) is 10.8. The summed E-state index contributed by atoms with van der Waals surface area (Å²) in [7, 11) is 0. The zero-order valence-corrected chi connectivity index (χ0v) is 18.0. The van der Waals surface area contributed by atoms with Crippen molar-refractivity contribution in [3.8, 4) is 11.1 Å². The topological polar surface area (TPSA) is 118 Å². The van der Waals surface area contributed by atoms with Gasteiger partial charge in [-0.2, -0.15) is 0 Å². The van der Waals surface area contributed by atoms with Crippen LogP contribution in [0.1, 0.15) is 35.1 Å². The Bertz CT molecular complexity index is 1080. The van der Waals surface area contributed by atoms with E-state index in [1.54, 1.807) is 0 Å². The zero-order chi connectivity index (χ0) is 22.7. The summed E-state index contributed by atoms with van der Waals surface area (Å²) >= 11 is 5.77. The quantitative estimate of drug-likeness (QED) is 0.406. The lowest BCUT2D eigenvalue weighted by atomic mass is 9.98. The van der Waals surface area contributed by atoms with Gasteiger partial charge in [-0.15, -0.1) is 0 Å². The number of halogens is 1. The first-order valence-corrected chi connectivity index (χ1v) is 10.7. The number of nitrogens with one attached hydrogen (secondary N) is 1. The monoisotopic (exact) mass is 453 g/mol. The van der Waals surface area contributed by atoms with Gasteiger partial charge >= 0.3 is 6.09 Å². The van der Waals surface area contributed by atoms with E-state index in [9.17, 15) is 15.0 Å². The number of aliphatic hydroxyl groups is 2. The number of aliphatic hydroxyl groups excluding tert-OH is 2. The normalized spacial score (nSPS) is 14.3. The van der Waals surface area contributed by atoms with Gasteiger partial charge in [0.2, 0.25) is 0 Å². The molecule has 0 saturated heterocycles. The van der Waals surface area contributed by atoms with E-state index < -0.39 is 18.3 Å². The largest absolute Gasteiger partial charge is 0.449 e. The number of aromatic nitrogens is 1. The standard InChI is InChI=1S/C24H24ClN3O4/c25-23-20(26)11-14(12-28-23)22(30)21(29)9-10-27-24(31)32-13-19-17-7-3-1-5-15(17)16-6-2-4-8-18(16)19/h1-8,11-12,19,21-22,29-30H,9-10,13,26H2,(H,27,31). The number of pyridine rings is 1. The van der Waals surface area contributed by atoms with Crippen LogP contribution in [0.5, 0.6) is 0 Å². The summed E-state index contributed by atoms with van der Waals surface area (Å²) in [6.07, 6.45) is -1.43. The third kappa shape index (κ3) is 4.55. The van der Waals surface area contributed by atoms with Crippen LogP contribution in [0.3, 0.4) is 0 Å². The molecule has 0 spiro atoms. The lowest BCUT2D eigenvalue weighted by Gasteiger charge is -2.19. The van der Waals surface area contributed by atoms with E-state index >= 15 is 0 Å². The average Bonchev–Trinajstić information content (AvgIpc) is 3.12. The SMILES string of the molecule is Nc1cc(C(O)C(O)CCNC(=O)OCC2c3ccccc3-c3ccccc32)cnc1Cl. The molecule has 1 aromatic heterocycles. The van der Waals surface area contributed by atoms with E-state index in [-0.39, 0.29) is 36.3 Å². The predicted molar refractivity (Wildman–Crippen MR) is 122 cm³/mol. The second-order valence-corrected chi connectivity index (χ2v) is 8.06. The summed E-state index contributed by atoms with van der Waals surface area (Å²) < 4.78 is 5.46. The molecule has 1 amide bonds. The van der Waals surface area contributed by atoms with Crippen LogP contribution in [0.4, 0.5) is 10.5 Å². The van der Waals surface area contributed by atoms with Crippen molar-refractivity contribution in [3.63, 3.8) is 0 Å². The number of benzene rings is 2. The molecule has 4 rings (SSSR count). The highest BCUT2D eigenvalue weighted by atomic mass is 35.5. The molecule has 2 aromatic carbocycles. The molecule has 5 N–H and O–H groups in total. The summed E-state index contributed by atoms with van der Waals surface area (Å²) in [4.78, 5) is 16.1. The number of carbonyl (C=O) groups is 1. The molecule has 7 nitrogen and oxygen atoms in total. The number of fused-ring (bicyclic) bond motifs is 3. The molecule has 32 heavy (non-hydrogen) atoms. The number of hydrogen-bond donors (Lipinski definition) is 4. The minimum atomic E-state index is -1.20. The van der Waals surface area contributed by atoms with Crippen LogP contribution in [-0.4, -0.2) is 40.5 Å². The van der Waals surface area contributed by atoms with E-state index in [0.717, 1.165) is 22.3 Å². The maximum absolute atomic E-state index is 12.2. The van der Waals surface area contributed by atoms with Crippen LogP contribution in [0.25, 0.3) is 11.1 Å². The van der Waals surface area contributed by atoms with Gasteiger partial charge in [0.05, 0.1) is 11.8 Å². The molecule has 0 bridgehead atoms. The van der Waals surface area contributed by atoms with E-state index in [0.29, 0.717) is 5.56 Å². The van der Waals surface area contributed by atoms with Crippen molar-refractivity contribution in [3.05, 3.63) is 82.6 Å². The van der Waals surface area contributed by atoms with E-state index in [4.69, 9.17) is 22.1 Å². The Hall–Kier alpha value is -3.13. The van der Waals surface area contributed by atoms with Crippen LogP contribution < -0.4 is 11.1 Å². The van der Waals surface area contributed by atoms with Gasteiger partial charge in [-0.3, -0.25) is 0 Å². The number of alkyl carbamates (subject to hydrolysis) is 1. The molecule has 166 valence electrons. The molecule has 1 aliphatic rings. The van der Waals surface area contributed by atoms with Crippen molar-refractivity contribution in [1.82, 2.24) is 10.3 Å². The molecule has 8 heteroatoms. The number of amides is 1. The molecule has 0 aliphatic heterocycles. The second kappa shape index (κ2) is 9.56. The van der Waals surface area contributed by atoms with Crippen LogP contribution in [-0.2, 0) is 4.74 Å². The van der Waals surface area contributed by atoms with Crippen molar-refractivity contribution in [2.75, 3.05) is 18.9 Å². The van der Waals surface area contributed by atoms with E-state index in [1.165, 1.54) is 12.3 Å². The Balaban J connectivity index is 1.28. The predicted octanol–water partition coefficient (Wildman–Crippen LogP) is 3.64. The molecule has 0 saturated carbocycles. The molecule has 2 atom stereocenters. The van der Waals surface area contributed by atoms with Crippen molar-refractivity contribution < 1.29 is 19.7 Å². The second-order valence-electron chi connectivity index (χ2n) is 7.70. The maximum atomic E-state index is 12.2. The minimum Gasteiger partial charge on any atom is -0.449 e. The molecule has 1 aliphatic carbocycles. The molecular formula is C24H24ClN3O4. The van der Waals surface area contributed by atoms with Gasteiger partial charge in [-0.05, 0) is 34.7 Å². The van der Waals surface area contributed by atoms with Crippen LogP contribution in [0, 0.1) is 0 Å². The van der Waals surface area contributed by atoms with Gasteiger partial charge < -0.3 is 26.0 Å². The number of hydrogen-bond acceptors (Lipinski definition) is 6. The zero-order valence-electron chi connectivity index (χ0n) is 17.2. The summed E-state index contributed by atoms with van der Waals surface area (Å²) in [5, 5.41) is 23.2. The first-order valence-electron chi connectivity index (χ1n) is 10.3. The number of rotatable bonds is 7. The number of nitrogens with two attached hydrogens (primary N) is 1. The molecule has 2 unspecified atom stereocenters. The number of carbonyl (C=O) groups excluding carboxylic acids is 1.